The van der Waals surface area contributed by atoms with Crippen LogP contribution in [0.1, 0.15) is 31.4 Å². The molecule has 1 N–H and O–H groups in total. The molecule has 0 fully saturated rings. The number of carbonyl (C=O) groups is 1. The van der Waals surface area contributed by atoms with E-state index in [0.717, 1.165) is 30.7 Å². The molecule has 0 aromatic heterocycles. The van der Waals surface area contributed by atoms with Gasteiger partial charge in [-0.05, 0) is 48.4 Å². The number of carboxylic acid groups (broad SMARTS) is 1. The molecule has 0 saturated carbocycles. The highest BCUT2D eigenvalue weighted by molar-refractivity contribution is 7.89. The summed E-state index contributed by atoms with van der Waals surface area (Å²) in [5.74, 6) is -1.37. The molecule has 2 aromatic rings. The highest BCUT2D eigenvalue weighted by atomic mass is 32.2. The van der Waals surface area contributed by atoms with Crippen molar-refractivity contribution >= 4 is 16.0 Å². The largest absolute Gasteiger partial charge is 0.550 e. The summed E-state index contributed by atoms with van der Waals surface area (Å²) < 4.78 is 45.7. The summed E-state index contributed by atoms with van der Waals surface area (Å²) in [6.07, 6.45) is 0.294. The van der Waals surface area contributed by atoms with Gasteiger partial charge in [0.05, 0.1) is 17.5 Å². The molecule has 2 rings (SSSR count). The average molecular weight is 380 g/mol. The van der Waals surface area contributed by atoms with E-state index in [4.69, 9.17) is 4.74 Å². The Bertz CT molecular complexity index is 835. The van der Waals surface area contributed by atoms with Gasteiger partial charge in [0.1, 0.15) is 11.6 Å². The second-order valence-electron chi connectivity index (χ2n) is 5.62. The number of halogens is 1. The Morgan fingerprint density at radius 1 is 1.15 bits per heavy atom. The Balaban J connectivity index is 2.24. The summed E-state index contributed by atoms with van der Waals surface area (Å²) in [5, 5.41) is 11.0. The smallest absolute Gasteiger partial charge is 0.241 e. The van der Waals surface area contributed by atoms with Gasteiger partial charge >= 0.3 is 0 Å². The van der Waals surface area contributed by atoms with Crippen LogP contribution in [0.4, 0.5) is 4.39 Å². The predicted molar refractivity (Wildman–Crippen MR) is 91.3 cm³/mol. The second kappa shape index (κ2) is 8.77. The van der Waals surface area contributed by atoms with Crippen molar-refractivity contribution in [2.24, 2.45) is 0 Å². The van der Waals surface area contributed by atoms with Gasteiger partial charge in [0, 0.05) is 12.4 Å². The number of aliphatic carboxylic acids is 1. The molecule has 26 heavy (non-hydrogen) atoms. The van der Waals surface area contributed by atoms with Gasteiger partial charge in [-0.25, -0.2) is 17.5 Å². The van der Waals surface area contributed by atoms with Crippen LogP contribution in [0.2, 0.25) is 0 Å². The molecule has 0 radical (unpaired) electrons. The van der Waals surface area contributed by atoms with E-state index < -0.39 is 34.3 Å². The van der Waals surface area contributed by atoms with Gasteiger partial charge in [-0.2, -0.15) is 0 Å². The lowest BCUT2D eigenvalue weighted by Crippen LogP contribution is -2.34. The maximum Gasteiger partial charge on any atom is 0.241 e. The number of benzene rings is 2. The maximum atomic E-state index is 13.0. The number of ether oxygens (including phenoxy) is 1. The van der Waals surface area contributed by atoms with E-state index in [0.29, 0.717) is 17.9 Å². The van der Waals surface area contributed by atoms with Crippen LogP contribution in [0, 0.1) is 5.82 Å². The molecule has 0 heterocycles. The van der Waals surface area contributed by atoms with Gasteiger partial charge in [-0.1, -0.05) is 19.1 Å². The van der Waals surface area contributed by atoms with E-state index in [-0.39, 0.29) is 4.90 Å². The Labute approximate surface area is 151 Å². The van der Waals surface area contributed by atoms with Crippen molar-refractivity contribution in [1.82, 2.24) is 4.72 Å². The van der Waals surface area contributed by atoms with E-state index in [2.05, 4.69) is 4.72 Å². The summed E-state index contributed by atoms with van der Waals surface area (Å²) in [7, 11) is -4.03. The number of rotatable bonds is 9. The molecule has 0 aliphatic heterocycles. The highest BCUT2D eigenvalue weighted by Crippen LogP contribution is 2.23. The molecule has 0 aliphatic rings. The fourth-order valence-electron chi connectivity index (χ4n) is 2.28. The molecule has 1 atom stereocenters. The summed E-state index contributed by atoms with van der Waals surface area (Å²) >= 11 is 0. The van der Waals surface area contributed by atoms with Gasteiger partial charge in [0.2, 0.25) is 10.0 Å². The fourth-order valence-corrected chi connectivity index (χ4v) is 3.50. The first-order chi connectivity index (χ1) is 12.3. The summed E-state index contributed by atoms with van der Waals surface area (Å²) in [6.45, 7) is 2.51. The second-order valence-corrected chi connectivity index (χ2v) is 7.34. The number of hydrogen-bond donors (Lipinski definition) is 1. The monoisotopic (exact) mass is 380 g/mol. The van der Waals surface area contributed by atoms with Crippen LogP contribution in [0.3, 0.4) is 0 Å². The van der Waals surface area contributed by atoms with E-state index in [1.807, 2.05) is 6.92 Å². The van der Waals surface area contributed by atoms with Crippen molar-refractivity contribution in [2.75, 3.05) is 6.61 Å². The number of nitrogens with one attached hydrogen (secondary N) is 1. The average Bonchev–Trinajstić information content (AvgIpc) is 2.59. The minimum absolute atomic E-state index is 0.162. The van der Waals surface area contributed by atoms with Gasteiger partial charge in [-0.3, -0.25) is 0 Å². The zero-order valence-corrected chi connectivity index (χ0v) is 15.0. The Morgan fingerprint density at radius 3 is 2.31 bits per heavy atom. The van der Waals surface area contributed by atoms with Gasteiger partial charge in [-0.15, -0.1) is 0 Å². The van der Waals surface area contributed by atoms with Crippen molar-refractivity contribution < 1.29 is 27.4 Å². The van der Waals surface area contributed by atoms with Crippen LogP contribution in [-0.2, 0) is 14.8 Å². The van der Waals surface area contributed by atoms with Crippen LogP contribution in [0.5, 0.6) is 5.75 Å². The van der Waals surface area contributed by atoms with Crippen LogP contribution < -0.4 is 14.6 Å². The molecular formula is C18H19FNO5S-. The molecule has 6 nitrogen and oxygen atoms in total. The van der Waals surface area contributed by atoms with Crippen LogP contribution in [0.25, 0.3) is 0 Å². The number of hydrogen-bond acceptors (Lipinski definition) is 5. The molecule has 0 saturated heterocycles. The molecule has 140 valence electrons. The third-order valence-electron chi connectivity index (χ3n) is 3.55. The fraction of sp³-hybridized carbons (Fsp3) is 0.278. The van der Waals surface area contributed by atoms with E-state index in [1.54, 1.807) is 24.3 Å². The van der Waals surface area contributed by atoms with Crippen LogP contribution in [0.15, 0.2) is 53.4 Å². The zero-order valence-electron chi connectivity index (χ0n) is 14.1. The van der Waals surface area contributed by atoms with Crippen LogP contribution in [-0.4, -0.2) is 21.0 Å². The summed E-state index contributed by atoms with van der Waals surface area (Å²) in [6, 6.07) is 9.67. The normalized spacial score (nSPS) is 12.5. The van der Waals surface area contributed by atoms with E-state index >= 15 is 0 Å². The lowest BCUT2D eigenvalue weighted by Gasteiger charge is -2.20. The van der Waals surface area contributed by atoms with Crippen molar-refractivity contribution in [2.45, 2.75) is 30.7 Å². The third kappa shape index (κ3) is 5.53. The standard InChI is InChI=1S/C18H20FNO5S/c1-2-11-25-15-7-3-13(4-8-15)17(12-18(21)22)20-26(23,24)16-9-5-14(19)6-10-16/h3-10,17,20H,2,11-12H2,1H3,(H,21,22)/p-1/t17-/m1/s1. The molecular weight excluding hydrogens is 361 g/mol. The van der Waals surface area contributed by atoms with Gasteiger partial charge in [0.25, 0.3) is 0 Å². The highest BCUT2D eigenvalue weighted by Gasteiger charge is 2.22. The first kappa shape index (κ1) is 19.9. The van der Waals surface area contributed by atoms with Crippen molar-refractivity contribution in [3.05, 3.63) is 59.9 Å². The molecule has 0 bridgehead atoms. The maximum absolute atomic E-state index is 13.0. The minimum atomic E-state index is -4.03. The van der Waals surface area contributed by atoms with Crippen molar-refractivity contribution in [1.29, 1.82) is 0 Å². The Morgan fingerprint density at radius 2 is 1.77 bits per heavy atom. The van der Waals surface area contributed by atoms with E-state index in [9.17, 15) is 22.7 Å². The van der Waals surface area contributed by atoms with Gasteiger partial charge < -0.3 is 14.6 Å². The summed E-state index contributed by atoms with van der Waals surface area (Å²) in [5.41, 5.74) is 0.448. The third-order valence-corrected chi connectivity index (χ3v) is 5.04. The predicted octanol–water partition coefficient (Wildman–Crippen LogP) is 1.77. The van der Waals surface area contributed by atoms with Crippen molar-refractivity contribution in [3.63, 3.8) is 0 Å². The first-order valence-corrected chi connectivity index (χ1v) is 9.50. The molecule has 0 spiro atoms. The number of carboxylic acids is 1. The lowest BCUT2D eigenvalue weighted by molar-refractivity contribution is -0.306. The first-order valence-electron chi connectivity index (χ1n) is 8.02. The molecule has 0 amide bonds. The van der Waals surface area contributed by atoms with Crippen LogP contribution >= 0.6 is 0 Å². The lowest BCUT2D eigenvalue weighted by atomic mass is 10.0. The Kier molecular flexibility index (Phi) is 6.70. The van der Waals surface area contributed by atoms with E-state index in [1.165, 1.54) is 0 Å². The number of sulfonamides is 1. The molecule has 8 heteroatoms. The van der Waals surface area contributed by atoms with Crippen molar-refractivity contribution in [3.8, 4) is 5.75 Å². The molecule has 0 aliphatic carbocycles. The minimum Gasteiger partial charge on any atom is -0.550 e. The number of carbonyl (C=O) groups excluding carboxylic acids is 1. The molecule has 2 aromatic carbocycles. The summed E-state index contributed by atoms with van der Waals surface area (Å²) in [4.78, 5) is 10.9. The van der Waals surface area contributed by atoms with Gasteiger partial charge in [0.15, 0.2) is 0 Å². The molecule has 0 unspecified atom stereocenters. The zero-order chi connectivity index (χ0) is 19.2. The Hall–Kier alpha value is -2.45. The quantitative estimate of drug-likeness (QED) is 0.715. The topological polar surface area (TPSA) is 95.5 Å². The SMILES string of the molecule is CCCOc1ccc([C@@H](CC(=O)[O-])NS(=O)(=O)c2ccc(F)cc2)cc1.